The van der Waals surface area contributed by atoms with E-state index in [0.29, 0.717) is 17.8 Å². The van der Waals surface area contributed by atoms with Gasteiger partial charge in [0.2, 0.25) is 0 Å². The van der Waals surface area contributed by atoms with E-state index in [1.807, 2.05) is 0 Å². The molecule has 4 heteroatoms. The van der Waals surface area contributed by atoms with Crippen LogP contribution >= 0.6 is 0 Å². The third kappa shape index (κ3) is 11.1. The molecule has 22 heavy (non-hydrogen) atoms. The summed E-state index contributed by atoms with van der Waals surface area (Å²) in [5, 5.41) is 0. The molecule has 0 spiro atoms. The molecule has 0 unspecified atom stereocenters. The molecule has 0 saturated heterocycles. The molecule has 4 nitrogen and oxygen atoms in total. The summed E-state index contributed by atoms with van der Waals surface area (Å²) in [7, 11) is 1.38. The van der Waals surface area contributed by atoms with Crippen molar-refractivity contribution in [3.63, 3.8) is 0 Å². The number of methoxy groups -OCH3 is 1. The Balaban J connectivity index is 3.27. The van der Waals surface area contributed by atoms with Crippen molar-refractivity contribution < 1.29 is 19.1 Å². The molecule has 0 aromatic carbocycles. The van der Waals surface area contributed by atoms with Crippen LogP contribution in [-0.4, -0.2) is 25.7 Å². The number of hydrogen-bond acceptors (Lipinski definition) is 4. The summed E-state index contributed by atoms with van der Waals surface area (Å²) < 4.78 is 9.64. The van der Waals surface area contributed by atoms with Crippen LogP contribution in [0.5, 0.6) is 0 Å². The van der Waals surface area contributed by atoms with E-state index in [0.717, 1.165) is 32.1 Å². The Hall–Kier alpha value is -1.58. The molecule has 0 radical (unpaired) electrons. The van der Waals surface area contributed by atoms with Crippen molar-refractivity contribution in [3.05, 3.63) is 24.3 Å². The van der Waals surface area contributed by atoms with Gasteiger partial charge in [-0.2, -0.15) is 0 Å². The van der Waals surface area contributed by atoms with Crippen LogP contribution in [0.25, 0.3) is 0 Å². The summed E-state index contributed by atoms with van der Waals surface area (Å²) >= 11 is 0. The Morgan fingerprint density at radius 3 is 1.82 bits per heavy atom. The largest absolute Gasteiger partial charge is 0.466 e. The van der Waals surface area contributed by atoms with E-state index in [-0.39, 0.29) is 11.9 Å². The van der Waals surface area contributed by atoms with Crippen LogP contribution in [0.15, 0.2) is 24.3 Å². The highest BCUT2D eigenvalue weighted by molar-refractivity contribution is 5.87. The Bertz CT molecular complexity index is 371. The van der Waals surface area contributed by atoms with Crippen molar-refractivity contribution >= 4 is 11.9 Å². The van der Waals surface area contributed by atoms with Gasteiger partial charge >= 0.3 is 11.9 Å². The van der Waals surface area contributed by atoms with Crippen LogP contribution in [0.4, 0.5) is 0 Å². The minimum Gasteiger partial charge on any atom is -0.466 e. The van der Waals surface area contributed by atoms with E-state index >= 15 is 0 Å². The van der Waals surface area contributed by atoms with Gasteiger partial charge < -0.3 is 9.47 Å². The summed E-state index contributed by atoms with van der Waals surface area (Å²) in [5.41, 5.74) is 1.02. The Labute approximate surface area is 134 Å². The standard InChI is InChI=1S/C18H30O4/c1-15(2)17(19)22-14-12-10-8-6-5-7-9-11-13-16(3)18(20)21-4/h1,3,5-14H2,2,4H3. The maximum absolute atomic E-state index is 11.1. The molecule has 0 aliphatic heterocycles. The Morgan fingerprint density at radius 1 is 0.818 bits per heavy atom. The second kappa shape index (κ2) is 13.1. The van der Waals surface area contributed by atoms with E-state index < -0.39 is 0 Å². The van der Waals surface area contributed by atoms with Gasteiger partial charge in [0.15, 0.2) is 0 Å². The van der Waals surface area contributed by atoms with Gasteiger partial charge in [0.1, 0.15) is 0 Å². The molecule has 0 aromatic heterocycles. The topological polar surface area (TPSA) is 52.6 Å². The molecular formula is C18H30O4. The molecule has 0 N–H and O–H groups in total. The van der Waals surface area contributed by atoms with E-state index in [1.165, 1.54) is 32.8 Å². The second-order valence-electron chi connectivity index (χ2n) is 5.59. The van der Waals surface area contributed by atoms with Crippen molar-refractivity contribution in [1.82, 2.24) is 0 Å². The Morgan fingerprint density at radius 2 is 1.32 bits per heavy atom. The third-order valence-corrected chi connectivity index (χ3v) is 3.43. The highest BCUT2D eigenvalue weighted by Gasteiger charge is 2.05. The average molecular weight is 310 g/mol. The molecule has 0 amide bonds. The van der Waals surface area contributed by atoms with Crippen molar-refractivity contribution in [3.8, 4) is 0 Å². The number of carbonyl (C=O) groups is 2. The van der Waals surface area contributed by atoms with Gasteiger partial charge in [-0.05, 0) is 26.2 Å². The van der Waals surface area contributed by atoms with E-state index in [2.05, 4.69) is 17.9 Å². The molecule has 0 aliphatic rings. The van der Waals surface area contributed by atoms with Crippen molar-refractivity contribution in [2.45, 2.75) is 64.7 Å². The zero-order valence-corrected chi connectivity index (χ0v) is 14.1. The quantitative estimate of drug-likeness (QED) is 0.288. The third-order valence-electron chi connectivity index (χ3n) is 3.43. The first-order valence-corrected chi connectivity index (χ1v) is 8.07. The summed E-state index contributed by atoms with van der Waals surface area (Å²) in [6.07, 6.45) is 9.58. The summed E-state index contributed by atoms with van der Waals surface area (Å²) in [6.45, 7) is 9.39. The lowest BCUT2D eigenvalue weighted by Gasteiger charge is -2.05. The van der Waals surface area contributed by atoms with Crippen molar-refractivity contribution in [1.29, 1.82) is 0 Å². The van der Waals surface area contributed by atoms with Crippen LogP contribution in [-0.2, 0) is 19.1 Å². The number of carbonyl (C=O) groups excluding carboxylic acids is 2. The van der Waals surface area contributed by atoms with Gasteiger partial charge in [0.25, 0.3) is 0 Å². The maximum Gasteiger partial charge on any atom is 0.333 e. The van der Waals surface area contributed by atoms with Crippen LogP contribution in [0.2, 0.25) is 0 Å². The molecule has 0 saturated carbocycles. The molecule has 0 bridgehead atoms. The first kappa shape index (κ1) is 20.4. The molecule has 0 rings (SSSR count). The molecule has 0 fully saturated rings. The highest BCUT2D eigenvalue weighted by atomic mass is 16.5. The van der Waals surface area contributed by atoms with Gasteiger partial charge in [0, 0.05) is 11.1 Å². The fourth-order valence-corrected chi connectivity index (χ4v) is 2.04. The normalized spacial score (nSPS) is 10.1. The summed E-state index contributed by atoms with van der Waals surface area (Å²) in [5.74, 6) is -0.596. The zero-order valence-electron chi connectivity index (χ0n) is 14.1. The molecule has 0 aliphatic carbocycles. The first-order chi connectivity index (χ1) is 10.5. The van der Waals surface area contributed by atoms with Crippen LogP contribution in [0.3, 0.4) is 0 Å². The van der Waals surface area contributed by atoms with Gasteiger partial charge in [-0.3, -0.25) is 0 Å². The molecular weight excluding hydrogens is 280 g/mol. The van der Waals surface area contributed by atoms with Gasteiger partial charge in [-0.15, -0.1) is 0 Å². The SMILES string of the molecule is C=C(C)C(=O)OCCCCCCCCCCC(=C)C(=O)OC. The average Bonchev–Trinajstić information content (AvgIpc) is 2.50. The van der Waals surface area contributed by atoms with E-state index in [9.17, 15) is 9.59 Å². The number of rotatable bonds is 13. The van der Waals surface area contributed by atoms with E-state index in [1.54, 1.807) is 6.92 Å². The highest BCUT2D eigenvalue weighted by Crippen LogP contribution is 2.12. The first-order valence-electron chi connectivity index (χ1n) is 8.07. The fraction of sp³-hybridized carbons (Fsp3) is 0.667. The number of ether oxygens (including phenoxy) is 2. The van der Waals surface area contributed by atoms with Gasteiger partial charge in [-0.1, -0.05) is 51.7 Å². The molecule has 126 valence electrons. The monoisotopic (exact) mass is 310 g/mol. The number of esters is 2. The van der Waals surface area contributed by atoms with Crippen molar-refractivity contribution in [2.24, 2.45) is 0 Å². The predicted octanol–water partition coefficient (Wildman–Crippen LogP) is 4.35. The van der Waals surface area contributed by atoms with Crippen molar-refractivity contribution in [2.75, 3.05) is 13.7 Å². The number of unbranched alkanes of at least 4 members (excludes halogenated alkanes) is 7. The lowest BCUT2D eigenvalue weighted by molar-refractivity contribution is -0.139. The van der Waals surface area contributed by atoms with Gasteiger partial charge in [-0.25, -0.2) is 9.59 Å². The summed E-state index contributed by atoms with van der Waals surface area (Å²) in [6, 6.07) is 0. The van der Waals surface area contributed by atoms with Crippen LogP contribution in [0.1, 0.15) is 64.7 Å². The van der Waals surface area contributed by atoms with Crippen LogP contribution < -0.4 is 0 Å². The minimum absolute atomic E-state index is 0.298. The minimum atomic E-state index is -0.299. The summed E-state index contributed by atoms with van der Waals surface area (Å²) in [4.78, 5) is 22.3. The molecule has 0 aromatic rings. The zero-order chi connectivity index (χ0) is 16.8. The van der Waals surface area contributed by atoms with E-state index in [4.69, 9.17) is 4.74 Å². The predicted molar refractivity (Wildman–Crippen MR) is 88.5 cm³/mol. The lowest BCUT2D eigenvalue weighted by Crippen LogP contribution is -2.05. The van der Waals surface area contributed by atoms with Crippen LogP contribution in [0, 0.1) is 0 Å². The fourth-order valence-electron chi connectivity index (χ4n) is 2.04. The van der Waals surface area contributed by atoms with Gasteiger partial charge in [0.05, 0.1) is 13.7 Å². The smallest absolute Gasteiger partial charge is 0.333 e. The number of hydrogen-bond donors (Lipinski definition) is 0. The molecule has 0 atom stereocenters. The Kier molecular flexibility index (Phi) is 12.2. The lowest BCUT2D eigenvalue weighted by atomic mass is 10.0. The maximum atomic E-state index is 11.1. The molecule has 0 heterocycles. The second-order valence-corrected chi connectivity index (χ2v) is 5.59.